The lowest BCUT2D eigenvalue weighted by molar-refractivity contribution is 0.0997. The lowest BCUT2D eigenvalue weighted by atomic mass is 10.0. The average molecular weight is 409 g/mol. The zero-order valence-electron chi connectivity index (χ0n) is 14.9. The molecule has 0 radical (unpaired) electrons. The number of nitrogens with zero attached hydrogens (tertiary/aromatic N) is 1. The number of primary amides is 1. The molecular formula is C18H17F2N3O4S. The minimum atomic E-state index is -1.15. The normalized spacial score (nSPS) is 13.0. The summed E-state index contributed by atoms with van der Waals surface area (Å²) in [5.74, 6) is -3.65. The van der Waals surface area contributed by atoms with Gasteiger partial charge in [0.25, 0.3) is 11.8 Å². The molecule has 2 heterocycles. The molecule has 0 atom stereocenters. The Morgan fingerprint density at radius 2 is 2.04 bits per heavy atom. The molecule has 3 rings (SSSR count). The monoisotopic (exact) mass is 409 g/mol. The van der Waals surface area contributed by atoms with Gasteiger partial charge in [-0.05, 0) is 37.1 Å². The lowest BCUT2D eigenvalue weighted by Crippen LogP contribution is -2.36. The van der Waals surface area contributed by atoms with Gasteiger partial charge in [-0.3, -0.25) is 9.59 Å². The van der Waals surface area contributed by atoms with Gasteiger partial charge >= 0.3 is 6.09 Å². The zero-order chi connectivity index (χ0) is 20.4. The highest BCUT2D eigenvalue weighted by Crippen LogP contribution is 2.37. The average Bonchev–Trinajstić information content (AvgIpc) is 3.01. The highest BCUT2D eigenvalue weighted by atomic mass is 32.1. The number of carbonyl (C=O) groups is 3. The van der Waals surface area contributed by atoms with E-state index < -0.39 is 29.5 Å². The quantitative estimate of drug-likeness (QED) is 0.811. The van der Waals surface area contributed by atoms with E-state index in [0.29, 0.717) is 23.4 Å². The highest BCUT2D eigenvalue weighted by Gasteiger charge is 2.30. The van der Waals surface area contributed by atoms with Crippen LogP contribution in [0.2, 0.25) is 0 Å². The van der Waals surface area contributed by atoms with E-state index in [-0.39, 0.29) is 29.3 Å². The molecule has 1 aromatic carbocycles. The van der Waals surface area contributed by atoms with Crippen molar-refractivity contribution in [1.82, 2.24) is 4.90 Å². The molecule has 0 saturated heterocycles. The molecule has 1 aromatic heterocycles. The van der Waals surface area contributed by atoms with Crippen molar-refractivity contribution in [2.45, 2.75) is 19.9 Å². The molecule has 0 spiro atoms. The van der Waals surface area contributed by atoms with Crippen molar-refractivity contribution in [3.05, 3.63) is 51.4 Å². The molecule has 28 heavy (non-hydrogen) atoms. The molecule has 10 heteroatoms. The van der Waals surface area contributed by atoms with E-state index in [4.69, 9.17) is 10.5 Å². The fraction of sp³-hybridized carbons (Fsp3) is 0.278. The topological polar surface area (TPSA) is 102 Å². The third-order valence-electron chi connectivity index (χ3n) is 4.24. The molecular weight excluding hydrogens is 392 g/mol. The number of carbonyl (C=O) groups excluding carboxylic acids is 3. The van der Waals surface area contributed by atoms with Gasteiger partial charge in [0.15, 0.2) is 11.6 Å². The molecule has 7 nitrogen and oxygen atoms in total. The highest BCUT2D eigenvalue weighted by molar-refractivity contribution is 7.17. The van der Waals surface area contributed by atoms with Crippen LogP contribution in [0, 0.1) is 11.6 Å². The first kappa shape index (κ1) is 19.7. The Kier molecular flexibility index (Phi) is 5.59. The SMILES string of the molecule is CCOC(=O)N1CCc2c(sc(NC(=O)c3ccc(F)c(F)c3)c2C(N)=O)C1. The fourth-order valence-corrected chi connectivity index (χ4v) is 4.20. The molecule has 1 aliphatic rings. The minimum absolute atomic E-state index is 0.103. The van der Waals surface area contributed by atoms with Crippen LogP contribution < -0.4 is 11.1 Å². The van der Waals surface area contributed by atoms with Gasteiger partial charge in [0.2, 0.25) is 0 Å². The molecule has 3 N–H and O–H groups in total. The lowest BCUT2D eigenvalue weighted by Gasteiger charge is -2.26. The first-order valence-electron chi connectivity index (χ1n) is 8.44. The summed E-state index contributed by atoms with van der Waals surface area (Å²) in [4.78, 5) is 38.5. The Balaban J connectivity index is 1.88. The van der Waals surface area contributed by atoms with Gasteiger partial charge in [0.1, 0.15) is 5.00 Å². The predicted molar refractivity (Wildman–Crippen MR) is 98.3 cm³/mol. The van der Waals surface area contributed by atoms with Gasteiger partial charge < -0.3 is 20.7 Å². The number of fused-ring (bicyclic) bond motifs is 1. The second kappa shape index (κ2) is 7.93. The summed E-state index contributed by atoms with van der Waals surface area (Å²) in [5, 5.41) is 2.74. The summed E-state index contributed by atoms with van der Waals surface area (Å²) in [6.07, 6.45) is -0.0844. The van der Waals surface area contributed by atoms with E-state index >= 15 is 0 Å². The van der Waals surface area contributed by atoms with Crippen molar-refractivity contribution in [3.63, 3.8) is 0 Å². The number of halogens is 2. The van der Waals surface area contributed by atoms with Crippen molar-refractivity contribution in [2.75, 3.05) is 18.5 Å². The first-order valence-corrected chi connectivity index (χ1v) is 9.25. The molecule has 3 amide bonds. The van der Waals surface area contributed by atoms with Crippen LogP contribution in [0.4, 0.5) is 18.6 Å². The number of hydrogen-bond donors (Lipinski definition) is 2. The third kappa shape index (κ3) is 3.81. The summed E-state index contributed by atoms with van der Waals surface area (Å²) in [7, 11) is 0. The molecule has 0 aliphatic carbocycles. The van der Waals surface area contributed by atoms with Crippen LogP contribution in [0.1, 0.15) is 38.1 Å². The van der Waals surface area contributed by atoms with E-state index in [1.165, 1.54) is 4.90 Å². The number of nitrogens with two attached hydrogens (primary N) is 1. The van der Waals surface area contributed by atoms with Gasteiger partial charge in [0, 0.05) is 17.0 Å². The maximum atomic E-state index is 13.4. The zero-order valence-corrected chi connectivity index (χ0v) is 15.7. The Morgan fingerprint density at radius 1 is 1.29 bits per heavy atom. The number of rotatable bonds is 4. The van der Waals surface area contributed by atoms with Gasteiger partial charge in [-0.15, -0.1) is 11.3 Å². The number of anilines is 1. The van der Waals surface area contributed by atoms with Crippen molar-refractivity contribution in [2.24, 2.45) is 5.73 Å². The van der Waals surface area contributed by atoms with E-state index in [1.54, 1.807) is 6.92 Å². The van der Waals surface area contributed by atoms with Crippen LogP contribution in [-0.4, -0.2) is 36.0 Å². The van der Waals surface area contributed by atoms with E-state index in [2.05, 4.69) is 5.32 Å². The largest absolute Gasteiger partial charge is 0.450 e. The first-order chi connectivity index (χ1) is 13.3. The number of hydrogen-bond acceptors (Lipinski definition) is 5. The van der Waals surface area contributed by atoms with Crippen molar-refractivity contribution in [1.29, 1.82) is 0 Å². The van der Waals surface area contributed by atoms with Gasteiger partial charge in [-0.25, -0.2) is 13.6 Å². The Morgan fingerprint density at radius 3 is 2.68 bits per heavy atom. The summed E-state index contributed by atoms with van der Waals surface area (Å²) in [6.45, 7) is 2.52. The third-order valence-corrected chi connectivity index (χ3v) is 5.37. The molecule has 0 bridgehead atoms. The summed E-state index contributed by atoms with van der Waals surface area (Å²) >= 11 is 1.11. The van der Waals surface area contributed by atoms with E-state index in [0.717, 1.165) is 29.5 Å². The molecule has 1 aliphatic heterocycles. The Bertz CT molecular complexity index is 961. The number of ether oxygens (including phenoxy) is 1. The number of amides is 3. The Labute approximate surface area is 163 Å². The summed E-state index contributed by atoms with van der Waals surface area (Å²) in [6, 6.07) is 2.74. The van der Waals surface area contributed by atoms with Crippen LogP contribution >= 0.6 is 11.3 Å². The molecule has 0 unspecified atom stereocenters. The Hall–Kier alpha value is -3.01. The molecule has 2 aromatic rings. The second-order valence-corrected chi connectivity index (χ2v) is 7.13. The molecule has 148 valence electrons. The number of benzene rings is 1. The van der Waals surface area contributed by atoms with Crippen LogP contribution in [-0.2, 0) is 17.7 Å². The van der Waals surface area contributed by atoms with Crippen LogP contribution in [0.25, 0.3) is 0 Å². The van der Waals surface area contributed by atoms with Gasteiger partial charge in [-0.1, -0.05) is 0 Å². The number of nitrogens with one attached hydrogen (secondary N) is 1. The summed E-state index contributed by atoms with van der Waals surface area (Å²) in [5.41, 5.74) is 6.21. The molecule has 0 saturated carbocycles. The van der Waals surface area contributed by atoms with Crippen LogP contribution in [0.5, 0.6) is 0 Å². The van der Waals surface area contributed by atoms with Crippen molar-refractivity contribution >= 4 is 34.2 Å². The van der Waals surface area contributed by atoms with Gasteiger partial charge in [-0.2, -0.15) is 0 Å². The van der Waals surface area contributed by atoms with Crippen LogP contribution in [0.3, 0.4) is 0 Å². The minimum Gasteiger partial charge on any atom is -0.450 e. The van der Waals surface area contributed by atoms with Crippen LogP contribution in [0.15, 0.2) is 18.2 Å². The maximum absolute atomic E-state index is 13.4. The number of thiophene rings is 1. The van der Waals surface area contributed by atoms with E-state index in [1.807, 2.05) is 0 Å². The second-order valence-electron chi connectivity index (χ2n) is 6.03. The predicted octanol–water partition coefficient (Wildman–Crippen LogP) is 2.89. The maximum Gasteiger partial charge on any atom is 0.410 e. The van der Waals surface area contributed by atoms with Crippen molar-refractivity contribution < 1.29 is 27.9 Å². The fourth-order valence-electron chi connectivity index (χ4n) is 2.94. The molecule has 0 fully saturated rings. The van der Waals surface area contributed by atoms with E-state index in [9.17, 15) is 23.2 Å². The summed E-state index contributed by atoms with van der Waals surface area (Å²) < 4.78 is 31.4. The smallest absolute Gasteiger partial charge is 0.410 e. The van der Waals surface area contributed by atoms with Crippen molar-refractivity contribution in [3.8, 4) is 0 Å². The van der Waals surface area contributed by atoms with Gasteiger partial charge in [0.05, 0.1) is 18.7 Å². The standard InChI is InChI=1S/C18H17F2N3O4S/c1-2-27-18(26)23-6-5-10-13(8-23)28-17(14(10)15(21)24)22-16(25)9-3-4-11(19)12(20)7-9/h3-4,7H,2,5-6,8H2,1H3,(H2,21,24)(H,22,25).